The van der Waals surface area contributed by atoms with Crippen LogP contribution in [0.25, 0.3) is 16.6 Å². The third-order valence-corrected chi connectivity index (χ3v) is 9.46. The molecule has 45 heavy (non-hydrogen) atoms. The summed E-state index contributed by atoms with van der Waals surface area (Å²) in [5, 5.41) is 3.79. The molecule has 9 nitrogen and oxygen atoms in total. The average molecular weight is 632 g/mol. The summed E-state index contributed by atoms with van der Waals surface area (Å²) >= 11 is 0. The molecule has 1 heterocycles. The Bertz CT molecular complexity index is 1890. The average Bonchev–Trinajstić information content (AvgIpc) is 3.04. The number of methoxy groups -OCH3 is 1. The minimum Gasteiger partial charge on any atom is -0.493 e. The van der Waals surface area contributed by atoms with E-state index in [-0.39, 0.29) is 25.4 Å². The summed E-state index contributed by atoms with van der Waals surface area (Å²) in [6.07, 6.45) is 0. The Kier molecular flexibility index (Phi) is 9.98. The van der Waals surface area contributed by atoms with Gasteiger partial charge in [-0.15, -0.1) is 0 Å². The fraction of sp³-hybridized carbons (Fsp3) is 0.235. The molecular formula is C34H35FN3O6P. The van der Waals surface area contributed by atoms with Crippen LogP contribution in [-0.4, -0.2) is 29.9 Å². The highest BCUT2D eigenvalue weighted by molar-refractivity contribution is 7.54. The molecule has 5 aromatic rings. The van der Waals surface area contributed by atoms with E-state index in [2.05, 4.69) is 5.32 Å². The highest BCUT2D eigenvalue weighted by atomic mass is 31.2. The summed E-state index contributed by atoms with van der Waals surface area (Å²) in [5.41, 5.74) is 3.00. The first-order chi connectivity index (χ1) is 21.8. The molecule has 1 aromatic heterocycles. The largest absolute Gasteiger partial charge is 0.493 e. The van der Waals surface area contributed by atoms with E-state index in [0.717, 1.165) is 11.3 Å². The zero-order chi connectivity index (χ0) is 32.0. The number of benzene rings is 4. The quantitative estimate of drug-likeness (QED) is 0.131. The second-order valence-corrected chi connectivity index (χ2v) is 12.2. The van der Waals surface area contributed by atoms with Gasteiger partial charge >= 0.3 is 7.60 Å². The molecule has 0 saturated carbocycles. The number of hydrogen-bond donors (Lipinski definition) is 1. The van der Waals surface area contributed by atoms with Crippen molar-refractivity contribution in [3.8, 4) is 17.2 Å². The second kappa shape index (κ2) is 14.1. The van der Waals surface area contributed by atoms with E-state index in [1.807, 2.05) is 31.2 Å². The van der Waals surface area contributed by atoms with Crippen LogP contribution in [0.1, 0.15) is 36.6 Å². The predicted octanol–water partition coefficient (Wildman–Crippen LogP) is 7.80. The topological polar surface area (TPSA) is 101 Å². The molecule has 11 heteroatoms. The molecule has 0 amide bonds. The molecular weight excluding hydrogens is 596 g/mol. The van der Waals surface area contributed by atoms with Crippen LogP contribution in [0.4, 0.5) is 10.1 Å². The lowest BCUT2D eigenvalue weighted by Crippen LogP contribution is -2.25. The maximum absolute atomic E-state index is 14.1. The number of rotatable bonds is 13. The first-order valence-corrected chi connectivity index (χ1v) is 16.2. The van der Waals surface area contributed by atoms with Crippen LogP contribution in [0.3, 0.4) is 0 Å². The fourth-order valence-corrected chi connectivity index (χ4v) is 6.94. The number of ether oxygens (including phenoxy) is 2. The molecule has 0 bridgehead atoms. The van der Waals surface area contributed by atoms with Crippen molar-refractivity contribution in [2.45, 2.75) is 33.2 Å². The minimum atomic E-state index is -3.70. The Morgan fingerprint density at radius 3 is 2.29 bits per heavy atom. The van der Waals surface area contributed by atoms with Crippen LogP contribution in [0.15, 0.2) is 95.8 Å². The van der Waals surface area contributed by atoms with Crippen molar-refractivity contribution < 1.29 is 27.5 Å². The number of nitrogens with zero attached hydrogens (tertiary/aromatic N) is 2. The highest BCUT2D eigenvalue weighted by Crippen LogP contribution is 2.61. The summed E-state index contributed by atoms with van der Waals surface area (Å²) < 4.78 is 52.6. The lowest BCUT2D eigenvalue weighted by Gasteiger charge is -2.29. The van der Waals surface area contributed by atoms with Crippen molar-refractivity contribution in [1.29, 1.82) is 0 Å². The van der Waals surface area contributed by atoms with Gasteiger partial charge < -0.3 is 23.8 Å². The fourth-order valence-electron chi connectivity index (χ4n) is 5.02. The van der Waals surface area contributed by atoms with Gasteiger partial charge in [0.15, 0.2) is 23.1 Å². The minimum absolute atomic E-state index is 0.103. The lowest BCUT2D eigenvalue weighted by molar-refractivity contribution is 0.214. The SMILES string of the molecule is CCOP(=O)(OCC)C(Nc1ccccc1C)c1ccc(OCc2nc3ccccc3c(=O)n2-c2ccc(F)cc2)c(OC)c1. The highest BCUT2D eigenvalue weighted by Gasteiger charge is 2.38. The first-order valence-electron chi connectivity index (χ1n) is 14.6. The summed E-state index contributed by atoms with van der Waals surface area (Å²) in [4.78, 5) is 18.3. The molecule has 1 unspecified atom stereocenters. The molecule has 4 aromatic carbocycles. The van der Waals surface area contributed by atoms with Crippen molar-refractivity contribution in [2.75, 3.05) is 25.6 Å². The number of hydrogen-bond acceptors (Lipinski definition) is 8. The third-order valence-electron chi connectivity index (χ3n) is 7.16. The van der Waals surface area contributed by atoms with Crippen molar-refractivity contribution in [3.63, 3.8) is 0 Å². The van der Waals surface area contributed by atoms with Gasteiger partial charge in [0.05, 0.1) is 36.9 Å². The van der Waals surface area contributed by atoms with Gasteiger partial charge in [-0.2, -0.15) is 0 Å². The zero-order valence-corrected chi connectivity index (χ0v) is 26.4. The summed E-state index contributed by atoms with van der Waals surface area (Å²) in [5.74, 6) is -0.233. The number of halogens is 1. The number of fused-ring (bicyclic) bond motifs is 1. The van der Waals surface area contributed by atoms with Crippen molar-refractivity contribution in [3.05, 3.63) is 124 Å². The third kappa shape index (κ3) is 6.93. The number of para-hydroxylation sites is 2. The second-order valence-electron chi connectivity index (χ2n) is 10.1. The maximum atomic E-state index is 14.1. The smallest absolute Gasteiger partial charge is 0.357 e. The standard InChI is InChI=1S/C34H35FN3O6P/c1-5-43-45(40,44-6-2)33(37-28-13-9-7-11-23(28)3)24-15-20-30(31(21-24)41-4)42-22-32-36-29-14-10-8-12-27(29)34(39)38(32)26-18-16-25(35)17-19-26/h7-21,33,37H,5-6,22H2,1-4H3. The van der Waals surface area contributed by atoms with E-state index in [1.165, 1.54) is 35.9 Å². The van der Waals surface area contributed by atoms with Crippen LogP contribution in [0.2, 0.25) is 0 Å². The van der Waals surface area contributed by atoms with Crippen LogP contribution in [0, 0.1) is 12.7 Å². The Morgan fingerprint density at radius 2 is 1.60 bits per heavy atom. The van der Waals surface area contributed by atoms with E-state index < -0.39 is 19.2 Å². The van der Waals surface area contributed by atoms with Gasteiger partial charge in [-0.25, -0.2) is 9.37 Å². The van der Waals surface area contributed by atoms with Gasteiger partial charge in [0.2, 0.25) is 0 Å². The summed E-state index contributed by atoms with van der Waals surface area (Å²) in [6.45, 7) is 5.76. The van der Waals surface area contributed by atoms with Crippen LogP contribution in [-0.2, 0) is 20.2 Å². The summed E-state index contributed by atoms with van der Waals surface area (Å²) in [6, 6.07) is 25.5. The van der Waals surface area contributed by atoms with Gasteiger partial charge in [0, 0.05) is 5.69 Å². The zero-order valence-electron chi connectivity index (χ0n) is 25.5. The number of nitrogens with one attached hydrogen (secondary N) is 1. The van der Waals surface area contributed by atoms with Gasteiger partial charge in [-0.3, -0.25) is 13.9 Å². The molecule has 0 spiro atoms. The molecule has 1 N–H and O–H groups in total. The van der Waals surface area contributed by atoms with Gasteiger partial charge in [0.1, 0.15) is 12.4 Å². The van der Waals surface area contributed by atoms with Crippen LogP contribution in [0.5, 0.6) is 11.5 Å². The number of anilines is 1. The van der Waals surface area contributed by atoms with Crippen molar-refractivity contribution >= 4 is 24.2 Å². The predicted molar refractivity (Wildman–Crippen MR) is 173 cm³/mol. The molecule has 0 radical (unpaired) electrons. The van der Waals surface area contributed by atoms with Crippen molar-refractivity contribution in [2.24, 2.45) is 0 Å². The first kappa shape index (κ1) is 31.9. The van der Waals surface area contributed by atoms with Gasteiger partial charge in [-0.1, -0.05) is 36.4 Å². The van der Waals surface area contributed by atoms with E-state index in [1.54, 1.807) is 56.3 Å². The Labute approximate surface area is 261 Å². The molecule has 0 aliphatic rings. The van der Waals surface area contributed by atoms with E-state index in [9.17, 15) is 13.8 Å². The van der Waals surface area contributed by atoms with Crippen molar-refractivity contribution in [1.82, 2.24) is 9.55 Å². The molecule has 0 aliphatic carbocycles. The van der Waals surface area contributed by atoms with E-state index >= 15 is 0 Å². The number of aromatic nitrogens is 2. The molecule has 1 atom stereocenters. The van der Waals surface area contributed by atoms with Crippen LogP contribution < -0.4 is 20.3 Å². The molecule has 234 valence electrons. The van der Waals surface area contributed by atoms with Crippen LogP contribution >= 0.6 is 7.60 Å². The maximum Gasteiger partial charge on any atom is 0.357 e. The lowest BCUT2D eigenvalue weighted by atomic mass is 10.1. The van der Waals surface area contributed by atoms with E-state index in [0.29, 0.717) is 39.5 Å². The van der Waals surface area contributed by atoms with Gasteiger partial charge in [0.25, 0.3) is 5.56 Å². The summed E-state index contributed by atoms with van der Waals surface area (Å²) in [7, 11) is -2.20. The molecule has 0 fully saturated rings. The Balaban J connectivity index is 1.52. The molecule has 5 rings (SSSR count). The molecule has 0 saturated heterocycles. The normalized spacial score (nSPS) is 12.2. The Hall–Kier alpha value is -4.50. The van der Waals surface area contributed by atoms with Gasteiger partial charge in [-0.05, 0) is 86.5 Å². The molecule has 0 aliphatic heterocycles. The number of aryl methyl sites for hydroxylation is 1. The van der Waals surface area contributed by atoms with E-state index in [4.69, 9.17) is 23.5 Å². The monoisotopic (exact) mass is 631 g/mol. The Morgan fingerprint density at radius 1 is 0.911 bits per heavy atom.